The highest BCUT2D eigenvalue weighted by Crippen LogP contribution is 2.37. The monoisotopic (exact) mass is 427 g/mol. The van der Waals surface area contributed by atoms with E-state index in [0.717, 1.165) is 57.7 Å². The van der Waals surface area contributed by atoms with Gasteiger partial charge in [0.25, 0.3) is 0 Å². The van der Waals surface area contributed by atoms with Gasteiger partial charge in [-0.2, -0.15) is 13.2 Å². The summed E-state index contributed by atoms with van der Waals surface area (Å²) in [6.45, 7) is 5.87. The average Bonchev–Trinajstić information content (AvgIpc) is 3.54. The fourth-order valence-corrected chi connectivity index (χ4v) is 4.45. The fraction of sp³-hybridized carbons (Fsp3) is 0.750. The van der Waals surface area contributed by atoms with E-state index in [2.05, 4.69) is 19.8 Å². The number of morpholine rings is 1. The Bertz CT molecular complexity index is 750. The maximum Gasteiger partial charge on any atom is 0.433 e. The van der Waals surface area contributed by atoms with Crippen LogP contribution in [0.25, 0.3) is 0 Å². The lowest BCUT2D eigenvalue weighted by Crippen LogP contribution is -2.52. The molecule has 1 aliphatic carbocycles. The largest absolute Gasteiger partial charge is 0.433 e. The third-order valence-corrected chi connectivity index (χ3v) is 6.14. The Morgan fingerprint density at radius 3 is 2.50 bits per heavy atom. The minimum absolute atomic E-state index is 0.00921. The molecular formula is C20H28F3N5O2. The predicted molar refractivity (Wildman–Crippen MR) is 104 cm³/mol. The summed E-state index contributed by atoms with van der Waals surface area (Å²) in [7, 11) is 0. The number of carbonyl (C=O) groups is 1. The molecule has 0 bridgehead atoms. The molecule has 3 heterocycles. The molecule has 166 valence electrons. The molecule has 1 unspecified atom stereocenters. The van der Waals surface area contributed by atoms with Crippen LogP contribution < -0.4 is 4.90 Å². The Hall–Kier alpha value is -1.94. The van der Waals surface area contributed by atoms with E-state index in [1.54, 1.807) is 6.92 Å². The van der Waals surface area contributed by atoms with Gasteiger partial charge < -0.3 is 19.4 Å². The summed E-state index contributed by atoms with van der Waals surface area (Å²) in [5.41, 5.74) is -0.889. The number of carbonyl (C=O) groups excluding carboxylic acids is 1. The molecular weight excluding hydrogens is 399 g/mol. The molecule has 30 heavy (non-hydrogen) atoms. The minimum atomic E-state index is -4.47. The number of hydrogen-bond donors (Lipinski definition) is 0. The molecule has 2 aliphatic heterocycles. The number of aromatic nitrogens is 2. The number of halogens is 3. The number of nitrogens with zero attached hydrogens (tertiary/aromatic N) is 5. The number of ether oxygens (including phenoxy) is 1. The molecule has 3 fully saturated rings. The van der Waals surface area contributed by atoms with Crippen molar-refractivity contribution in [3.8, 4) is 0 Å². The van der Waals surface area contributed by atoms with Crippen molar-refractivity contribution < 1.29 is 22.7 Å². The molecule has 0 radical (unpaired) electrons. The Morgan fingerprint density at radius 1 is 1.17 bits per heavy atom. The van der Waals surface area contributed by atoms with E-state index < -0.39 is 11.9 Å². The van der Waals surface area contributed by atoms with Crippen LogP contribution in [0.2, 0.25) is 0 Å². The number of alkyl halides is 3. The third kappa shape index (κ3) is 5.03. The van der Waals surface area contributed by atoms with E-state index in [0.29, 0.717) is 25.5 Å². The van der Waals surface area contributed by atoms with Gasteiger partial charge in [0.2, 0.25) is 5.91 Å². The first-order chi connectivity index (χ1) is 14.3. The van der Waals surface area contributed by atoms with E-state index in [1.165, 1.54) is 0 Å². The number of rotatable bonds is 5. The van der Waals surface area contributed by atoms with Crippen LogP contribution in [0.4, 0.5) is 19.0 Å². The molecule has 0 spiro atoms. The Labute approximate surface area is 174 Å². The number of piperidine rings is 1. The van der Waals surface area contributed by atoms with Crippen molar-refractivity contribution in [2.24, 2.45) is 0 Å². The number of hydrogen-bond acceptors (Lipinski definition) is 6. The molecule has 3 aliphatic rings. The van der Waals surface area contributed by atoms with Crippen molar-refractivity contribution in [3.05, 3.63) is 18.1 Å². The van der Waals surface area contributed by atoms with Crippen LogP contribution in [0.1, 0.15) is 38.3 Å². The van der Waals surface area contributed by atoms with Gasteiger partial charge in [0.05, 0.1) is 12.7 Å². The highest BCUT2D eigenvalue weighted by molar-refractivity contribution is 5.73. The quantitative estimate of drug-likeness (QED) is 0.718. The van der Waals surface area contributed by atoms with E-state index in [9.17, 15) is 18.0 Å². The van der Waals surface area contributed by atoms with Crippen LogP contribution in [0, 0.1) is 0 Å². The zero-order valence-electron chi connectivity index (χ0n) is 17.1. The van der Waals surface area contributed by atoms with E-state index in [-0.39, 0.29) is 24.1 Å². The second-order valence-corrected chi connectivity index (χ2v) is 8.39. The standard InChI is InChI=1S/C20H28F3N5O2/c1-14(29)27-8-9-30-17(12-27)11-26-6-4-16(5-7-26)28(15-2-3-15)19-10-18(20(21,22)23)24-13-25-19/h10,13,15-17H,2-9,11-12H2,1H3. The number of amides is 1. The Balaban J connectivity index is 1.36. The first-order valence-corrected chi connectivity index (χ1v) is 10.6. The number of likely N-dealkylation sites (tertiary alicyclic amines) is 1. The van der Waals surface area contributed by atoms with E-state index in [4.69, 9.17) is 4.74 Å². The van der Waals surface area contributed by atoms with Gasteiger partial charge in [-0.15, -0.1) is 0 Å². The summed E-state index contributed by atoms with van der Waals surface area (Å²) in [4.78, 5) is 25.4. The molecule has 0 N–H and O–H groups in total. The first kappa shape index (κ1) is 21.3. The molecule has 4 rings (SSSR count). The van der Waals surface area contributed by atoms with Crippen LogP contribution >= 0.6 is 0 Å². The molecule has 2 saturated heterocycles. The summed E-state index contributed by atoms with van der Waals surface area (Å²) in [5.74, 6) is 0.455. The lowest BCUT2D eigenvalue weighted by molar-refractivity contribution is -0.141. The topological polar surface area (TPSA) is 61.8 Å². The lowest BCUT2D eigenvalue weighted by Gasteiger charge is -2.41. The summed E-state index contributed by atoms with van der Waals surface area (Å²) in [6.07, 6.45) is 0.268. The van der Waals surface area contributed by atoms with Gasteiger partial charge in [-0.05, 0) is 25.7 Å². The van der Waals surface area contributed by atoms with Crippen molar-refractivity contribution in [2.45, 2.75) is 57.0 Å². The van der Waals surface area contributed by atoms with Crippen molar-refractivity contribution in [1.82, 2.24) is 19.8 Å². The summed E-state index contributed by atoms with van der Waals surface area (Å²) in [6, 6.07) is 1.52. The Morgan fingerprint density at radius 2 is 1.87 bits per heavy atom. The van der Waals surface area contributed by atoms with Crippen molar-refractivity contribution in [3.63, 3.8) is 0 Å². The smallest absolute Gasteiger partial charge is 0.373 e. The normalized spacial score (nSPS) is 24.1. The Kier molecular flexibility index (Phi) is 6.15. The van der Waals surface area contributed by atoms with E-state index in [1.807, 2.05) is 4.90 Å². The van der Waals surface area contributed by atoms with Gasteiger partial charge in [-0.1, -0.05) is 0 Å². The highest BCUT2D eigenvalue weighted by atomic mass is 19.4. The van der Waals surface area contributed by atoms with Crippen LogP contribution in [0.15, 0.2) is 12.4 Å². The van der Waals surface area contributed by atoms with Gasteiger partial charge in [0, 0.05) is 57.8 Å². The maximum atomic E-state index is 13.1. The molecule has 10 heteroatoms. The zero-order valence-corrected chi connectivity index (χ0v) is 17.1. The van der Waals surface area contributed by atoms with Crippen LogP contribution in [-0.2, 0) is 15.7 Å². The van der Waals surface area contributed by atoms with Gasteiger partial charge in [-0.3, -0.25) is 4.79 Å². The molecule has 1 aromatic rings. The molecule has 0 aromatic carbocycles. The van der Waals surface area contributed by atoms with Gasteiger partial charge in [-0.25, -0.2) is 9.97 Å². The number of anilines is 1. The fourth-order valence-electron chi connectivity index (χ4n) is 4.45. The molecule has 1 amide bonds. The average molecular weight is 427 g/mol. The van der Waals surface area contributed by atoms with Crippen molar-refractivity contribution >= 4 is 11.7 Å². The van der Waals surface area contributed by atoms with Crippen LogP contribution in [0.3, 0.4) is 0 Å². The summed E-state index contributed by atoms with van der Waals surface area (Å²) < 4.78 is 45.1. The van der Waals surface area contributed by atoms with Crippen LogP contribution in [0.5, 0.6) is 0 Å². The second-order valence-electron chi connectivity index (χ2n) is 8.39. The van der Waals surface area contributed by atoms with Crippen molar-refractivity contribution in [2.75, 3.05) is 44.2 Å². The second kappa shape index (κ2) is 8.66. The summed E-state index contributed by atoms with van der Waals surface area (Å²) in [5, 5.41) is 0. The van der Waals surface area contributed by atoms with Gasteiger partial charge in [0.15, 0.2) is 0 Å². The third-order valence-electron chi connectivity index (χ3n) is 6.14. The SMILES string of the molecule is CC(=O)N1CCOC(CN2CCC(N(c3cc(C(F)(F)F)ncn3)C3CC3)CC2)C1. The van der Waals surface area contributed by atoms with E-state index >= 15 is 0 Å². The van der Waals surface area contributed by atoms with Crippen LogP contribution in [-0.4, -0.2) is 83.2 Å². The highest BCUT2D eigenvalue weighted by Gasteiger charge is 2.39. The summed E-state index contributed by atoms with van der Waals surface area (Å²) >= 11 is 0. The molecule has 1 aromatic heterocycles. The van der Waals surface area contributed by atoms with Gasteiger partial charge in [0.1, 0.15) is 17.8 Å². The maximum absolute atomic E-state index is 13.1. The predicted octanol–water partition coefficient (Wildman–Crippen LogP) is 2.18. The zero-order chi connectivity index (χ0) is 21.3. The lowest BCUT2D eigenvalue weighted by atomic mass is 10.0. The molecule has 7 nitrogen and oxygen atoms in total. The molecule has 1 atom stereocenters. The first-order valence-electron chi connectivity index (χ1n) is 10.6. The minimum Gasteiger partial charge on any atom is -0.373 e. The van der Waals surface area contributed by atoms with Gasteiger partial charge >= 0.3 is 6.18 Å². The van der Waals surface area contributed by atoms with Crippen molar-refractivity contribution in [1.29, 1.82) is 0 Å². The molecule has 1 saturated carbocycles.